The second-order valence-electron chi connectivity index (χ2n) is 5.84. The van der Waals surface area contributed by atoms with Crippen LogP contribution in [-0.4, -0.2) is 47.6 Å². The Labute approximate surface area is 171 Å². The third kappa shape index (κ3) is 4.74. The number of imide groups is 1. The SMILES string of the molecule is COc1ccc(/C=C2\SC(=O)N(CCN=Cc3cc(Cl)ccc3O)C2=O)cc1. The van der Waals surface area contributed by atoms with Gasteiger partial charge < -0.3 is 9.84 Å². The summed E-state index contributed by atoms with van der Waals surface area (Å²) in [5.74, 6) is 0.433. The molecule has 1 heterocycles. The van der Waals surface area contributed by atoms with E-state index in [1.807, 2.05) is 12.1 Å². The number of hydrogen-bond donors (Lipinski definition) is 1. The van der Waals surface area contributed by atoms with Crippen molar-refractivity contribution in [3.63, 3.8) is 0 Å². The molecule has 1 fully saturated rings. The molecular weight excluding hydrogens is 400 g/mol. The third-order valence-corrected chi connectivity index (χ3v) is 5.10. The van der Waals surface area contributed by atoms with Crippen molar-refractivity contribution in [1.29, 1.82) is 0 Å². The third-order valence-electron chi connectivity index (χ3n) is 3.96. The zero-order valence-electron chi connectivity index (χ0n) is 15.0. The highest BCUT2D eigenvalue weighted by Crippen LogP contribution is 2.32. The molecule has 0 aromatic heterocycles. The number of aromatic hydroxyl groups is 1. The first kappa shape index (κ1) is 20.0. The van der Waals surface area contributed by atoms with Gasteiger partial charge in [0, 0.05) is 23.3 Å². The predicted molar refractivity (Wildman–Crippen MR) is 111 cm³/mol. The highest BCUT2D eigenvalue weighted by Gasteiger charge is 2.34. The minimum absolute atomic E-state index is 0.0572. The molecule has 6 nitrogen and oxygen atoms in total. The highest BCUT2D eigenvalue weighted by molar-refractivity contribution is 8.18. The molecule has 1 saturated heterocycles. The predicted octanol–water partition coefficient (Wildman–Crippen LogP) is 4.21. The first-order chi connectivity index (χ1) is 13.5. The van der Waals surface area contributed by atoms with Gasteiger partial charge in [0.25, 0.3) is 11.1 Å². The van der Waals surface area contributed by atoms with Crippen molar-refractivity contribution in [2.45, 2.75) is 0 Å². The molecule has 2 aromatic carbocycles. The number of rotatable bonds is 6. The fraction of sp³-hybridized carbons (Fsp3) is 0.150. The van der Waals surface area contributed by atoms with E-state index in [4.69, 9.17) is 16.3 Å². The molecule has 0 unspecified atom stereocenters. The number of thioether (sulfide) groups is 1. The molecule has 1 aliphatic heterocycles. The van der Waals surface area contributed by atoms with Gasteiger partial charge in [-0.2, -0.15) is 0 Å². The summed E-state index contributed by atoms with van der Waals surface area (Å²) >= 11 is 6.79. The van der Waals surface area contributed by atoms with Crippen LogP contribution in [-0.2, 0) is 4.79 Å². The molecule has 1 N–H and O–H groups in total. The summed E-state index contributed by atoms with van der Waals surface area (Å²) in [7, 11) is 1.58. The van der Waals surface area contributed by atoms with Gasteiger partial charge in [0.05, 0.1) is 18.6 Å². The average molecular weight is 417 g/mol. The maximum absolute atomic E-state index is 12.5. The normalized spacial score (nSPS) is 15.8. The van der Waals surface area contributed by atoms with E-state index in [1.54, 1.807) is 37.5 Å². The second-order valence-corrected chi connectivity index (χ2v) is 7.27. The quantitative estimate of drug-likeness (QED) is 0.563. The van der Waals surface area contributed by atoms with Crippen LogP contribution in [0.2, 0.25) is 5.02 Å². The number of aliphatic imine (C=N–C) groups is 1. The summed E-state index contributed by atoms with van der Waals surface area (Å²) in [5.41, 5.74) is 1.28. The van der Waals surface area contributed by atoms with Crippen molar-refractivity contribution in [2.75, 3.05) is 20.2 Å². The van der Waals surface area contributed by atoms with E-state index in [2.05, 4.69) is 4.99 Å². The number of nitrogens with zero attached hydrogens (tertiary/aromatic N) is 2. The zero-order chi connectivity index (χ0) is 20.1. The van der Waals surface area contributed by atoms with Crippen LogP contribution in [0, 0.1) is 0 Å². The lowest BCUT2D eigenvalue weighted by atomic mass is 10.2. The van der Waals surface area contributed by atoms with Crippen LogP contribution in [0.1, 0.15) is 11.1 Å². The van der Waals surface area contributed by atoms with Gasteiger partial charge in [0.1, 0.15) is 11.5 Å². The van der Waals surface area contributed by atoms with Crippen LogP contribution >= 0.6 is 23.4 Å². The van der Waals surface area contributed by atoms with Crippen LogP contribution in [0.4, 0.5) is 4.79 Å². The van der Waals surface area contributed by atoms with Crippen LogP contribution < -0.4 is 4.74 Å². The Balaban J connectivity index is 1.62. The summed E-state index contributed by atoms with van der Waals surface area (Å²) in [5, 5.41) is 9.90. The number of halogens is 1. The maximum atomic E-state index is 12.5. The monoisotopic (exact) mass is 416 g/mol. The second kappa shape index (κ2) is 8.95. The molecule has 0 saturated carbocycles. The summed E-state index contributed by atoms with van der Waals surface area (Å²) < 4.78 is 5.10. The molecular formula is C20H17ClN2O4S. The number of methoxy groups -OCH3 is 1. The first-order valence-electron chi connectivity index (χ1n) is 8.35. The molecule has 0 aliphatic carbocycles. The Morgan fingerprint density at radius 3 is 2.68 bits per heavy atom. The molecule has 2 amide bonds. The number of phenolic OH excluding ortho intramolecular Hbond substituents is 1. The average Bonchev–Trinajstić information content (AvgIpc) is 2.95. The minimum atomic E-state index is -0.341. The van der Waals surface area contributed by atoms with Gasteiger partial charge in [-0.15, -0.1) is 0 Å². The maximum Gasteiger partial charge on any atom is 0.293 e. The topological polar surface area (TPSA) is 79.2 Å². The number of carbonyl (C=O) groups is 2. The number of benzene rings is 2. The molecule has 0 atom stereocenters. The fourth-order valence-corrected chi connectivity index (χ4v) is 3.54. The Hall–Kier alpha value is -2.77. The van der Waals surface area contributed by atoms with Crippen molar-refractivity contribution in [1.82, 2.24) is 4.90 Å². The standard InChI is InChI=1S/C20H17ClN2O4S/c1-27-16-5-2-13(3-6-16)10-18-19(25)23(20(26)28-18)9-8-22-12-14-11-15(21)4-7-17(14)24/h2-7,10-12,24H,8-9H2,1H3/b18-10-,22-12?. The van der Waals surface area contributed by atoms with Gasteiger partial charge in [0.15, 0.2) is 0 Å². The van der Waals surface area contributed by atoms with Gasteiger partial charge in [0.2, 0.25) is 0 Å². The smallest absolute Gasteiger partial charge is 0.293 e. The molecule has 0 spiro atoms. The van der Waals surface area contributed by atoms with Gasteiger partial charge in [-0.05, 0) is 53.7 Å². The summed E-state index contributed by atoms with van der Waals surface area (Å²) in [6, 6.07) is 11.8. The van der Waals surface area contributed by atoms with Crippen molar-refractivity contribution in [3.8, 4) is 11.5 Å². The van der Waals surface area contributed by atoms with Crippen molar-refractivity contribution in [2.24, 2.45) is 4.99 Å². The largest absolute Gasteiger partial charge is 0.507 e. The zero-order valence-corrected chi connectivity index (χ0v) is 16.5. The fourth-order valence-electron chi connectivity index (χ4n) is 2.49. The number of phenols is 1. The van der Waals surface area contributed by atoms with Gasteiger partial charge >= 0.3 is 0 Å². The molecule has 28 heavy (non-hydrogen) atoms. The van der Waals surface area contributed by atoms with Crippen LogP contribution in [0.5, 0.6) is 11.5 Å². The van der Waals surface area contributed by atoms with E-state index in [9.17, 15) is 14.7 Å². The number of amides is 2. The minimum Gasteiger partial charge on any atom is -0.507 e. The van der Waals surface area contributed by atoms with Gasteiger partial charge in [-0.3, -0.25) is 19.5 Å². The lowest BCUT2D eigenvalue weighted by Gasteiger charge is -2.10. The Morgan fingerprint density at radius 2 is 1.96 bits per heavy atom. The number of carbonyl (C=O) groups excluding carboxylic acids is 2. The molecule has 8 heteroatoms. The lowest BCUT2D eigenvalue weighted by molar-refractivity contribution is -0.122. The Kier molecular flexibility index (Phi) is 6.38. The molecule has 1 aliphatic rings. The van der Waals surface area contributed by atoms with Crippen LogP contribution in [0.25, 0.3) is 6.08 Å². The van der Waals surface area contributed by atoms with Crippen molar-refractivity contribution >= 4 is 46.8 Å². The van der Waals surface area contributed by atoms with Gasteiger partial charge in [-0.1, -0.05) is 23.7 Å². The lowest BCUT2D eigenvalue weighted by Crippen LogP contribution is -2.30. The van der Waals surface area contributed by atoms with Gasteiger partial charge in [-0.25, -0.2) is 0 Å². The molecule has 0 bridgehead atoms. The summed E-state index contributed by atoms with van der Waals surface area (Å²) in [6.07, 6.45) is 3.14. The highest BCUT2D eigenvalue weighted by atomic mass is 35.5. The summed E-state index contributed by atoms with van der Waals surface area (Å²) in [6.45, 7) is 0.377. The van der Waals surface area contributed by atoms with Crippen LogP contribution in [0.15, 0.2) is 52.4 Å². The molecule has 0 radical (unpaired) electrons. The molecule has 144 valence electrons. The van der Waals surface area contributed by atoms with E-state index in [1.165, 1.54) is 12.3 Å². The van der Waals surface area contributed by atoms with E-state index < -0.39 is 0 Å². The molecule has 3 rings (SSSR count). The number of hydrogen-bond acceptors (Lipinski definition) is 6. The van der Waals surface area contributed by atoms with Crippen LogP contribution in [0.3, 0.4) is 0 Å². The molecule has 2 aromatic rings. The van der Waals surface area contributed by atoms with E-state index in [0.29, 0.717) is 21.2 Å². The Bertz CT molecular complexity index is 957. The number of ether oxygens (including phenoxy) is 1. The summed E-state index contributed by atoms with van der Waals surface area (Å²) in [4.78, 5) is 30.3. The van der Waals surface area contributed by atoms with E-state index in [0.717, 1.165) is 22.2 Å². The van der Waals surface area contributed by atoms with E-state index in [-0.39, 0.29) is 30.0 Å². The van der Waals surface area contributed by atoms with Crippen molar-refractivity contribution < 1.29 is 19.4 Å². The van der Waals surface area contributed by atoms with Crippen molar-refractivity contribution in [3.05, 3.63) is 63.5 Å². The van der Waals surface area contributed by atoms with E-state index >= 15 is 0 Å². The Morgan fingerprint density at radius 1 is 1.21 bits per heavy atom. The first-order valence-corrected chi connectivity index (χ1v) is 9.55.